The van der Waals surface area contributed by atoms with Gasteiger partial charge in [0.1, 0.15) is 0 Å². The van der Waals surface area contributed by atoms with Crippen molar-refractivity contribution in [1.82, 2.24) is 10.3 Å². The van der Waals surface area contributed by atoms with E-state index in [1.807, 2.05) is 43.3 Å². The summed E-state index contributed by atoms with van der Waals surface area (Å²) < 4.78 is 22.7. The molecular formula is C16H20N4O3S. The van der Waals surface area contributed by atoms with Gasteiger partial charge >= 0.3 is 6.03 Å². The molecule has 128 valence electrons. The predicted octanol–water partition coefficient (Wildman–Crippen LogP) is 1.87. The Bertz CT molecular complexity index is 800. The summed E-state index contributed by atoms with van der Waals surface area (Å²) >= 11 is 0. The van der Waals surface area contributed by atoms with Gasteiger partial charge < -0.3 is 15.5 Å². The zero-order valence-electron chi connectivity index (χ0n) is 13.8. The summed E-state index contributed by atoms with van der Waals surface area (Å²) in [6, 6.07) is 10.3. The van der Waals surface area contributed by atoms with Crippen molar-refractivity contribution in [2.24, 2.45) is 0 Å². The minimum atomic E-state index is -3.35. The van der Waals surface area contributed by atoms with Crippen LogP contribution < -0.4 is 15.5 Å². The van der Waals surface area contributed by atoms with Crippen LogP contribution in [0.4, 0.5) is 16.2 Å². The SMILES string of the molecule is CN(C)c1ccc(CNC(=O)Nc2ccc(S(C)(=O)=O)nc2)cc1. The summed E-state index contributed by atoms with van der Waals surface area (Å²) in [4.78, 5) is 17.7. The molecule has 0 unspecified atom stereocenters. The molecule has 8 heteroatoms. The number of anilines is 2. The largest absolute Gasteiger partial charge is 0.378 e. The van der Waals surface area contributed by atoms with Crippen molar-refractivity contribution in [1.29, 1.82) is 0 Å². The lowest BCUT2D eigenvalue weighted by Crippen LogP contribution is -2.28. The lowest BCUT2D eigenvalue weighted by Gasteiger charge is -2.13. The molecule has 0 fully saturated rings. The van der Waals surface area contributed by atoms with Crippen molar-refractivity contribution in [3.8, 4) is 0 Å². The Labute approximate surface area is 141 Å². The van der Waals surface area contributed by atoms with Gasteiger partial charge in [0.2, 0.25) is 0 Å². The number of pyridine rings is 1. The molecule has 0 aliphatic rings. The van der Waals surface area contributed by atoms with Crippen LogP contribution in [-0.4, -0.2) is 39.8 Å². The molecule has 0 spiro atoms. The molecule has 7 nitrogen and oxygen atoms in total. The van der Waals surface area contributed by atoms with Gasteiger partial charge in [0, 0.05) is 32.6 Å². The van der Waals surface area contributed by atoms with Crippen LogP contribution in [0.15, 0.2) is 47.6 Å². The molecule has 1 aromatic heterocycles. The molecular weight excluding hydrogens is 328 g/mol. The maximum Gasteiger partial charge on any atom is 0.319 e. The second-order valence-corrected chi connectivity index (χ2v) is 7.49. The molecule has 0 bridgehead atoms. The van der Waals surface area contributed by atoms with E-state index in [0.717, 1.165) is 17.5 Å². The lowest BCUT2D eigenvalue weighted by atomic mass is 10.2. The molecule has 0 saturated heterocycles. The maximum atomic E-state index is 11.9. The molecule has 2 rings (SSSR count). The number of hydrogen-bond donors (Lipinski definition) is 2. The van der Waals surface area contributed by atoms with Crippen molar-refractivity contribution in [3.05, 3.63) is 48.2 Å². The Kier molecular flexibility index (Phi) is 5.40. The van der Waals surface area contributed by atoms with E-state index in [1.54, 1.807) is 0 Å². The number of hydrogen-bond acceptors (Lipinski definition) is 5. The van der Waals surface area contributed by atoms with Crippen LogP contribution in [0.1, 0.15) is 5.56 Å². The van der Waals surface area contributed by atoms with Gasteiger partial charge in [-0.15, -0.1) is 0 Å². The average molecular weight is 348 g/mol. The normalized spacial score (nSPS) is 11.0. The summed E-state index contributed by atoms with van der Waals surface area (Å²) in [7, 11) is 0.577. The maximum absolute atomic E-state index is 11.9. The number of nitrogens with zero attached hydrogens (tertiary/aromatic N) is 2. The minimum Gasteiger partial charge on any atom is -0.378 e. The van der Waals surface area contributed by atoms with Gasteiger partial charge in [0.05, 0.1) is 11.9 Å². The summed E-state index contributed by atoms with van der Waals surface area (Å²) in [6.45, 7) is 0.383. The smallest absolute Gasteiger partial charge is 0.319 e. The summed E-state index contributed by atoms with van der Waals surface area (Å²) in [6.07, 6.45) is 2.39. The fraction of sp³-hybridized carbons (Fsp3) is 0.250. The molecule has 24 heavy (non-hydrogen) atoms. The summed E-state index contributed by atoms with van der Waals surface area (Å²) in [5.41, 5.74) is 2.48. The summed E-state index contributed by atoms with van der Waals surface area (Å²) in [5, 5.41) is 5.30. The molecule has 0 aliphatic heterocycles. The van der Waals surface area contributed by atoms with Crippen LogP contribution in [0.3, 0.4) is 0 Å². The molecule has 2 aromatic rings. The number of carbonyl (C=O) groups is 1. The van der Waals surface area contributed by atoms with Crippen LogP contribution in [0.2, 0.25) is 0 Å². The Morgan fingerprint density at radius 1 is 1.12 bits per heavy atom. The molecule has 0 saturated carbocycles. The van der Waals surface area contributed by atoms with E-state index in [2.05, 4.69) is 15.6 Å². The first kappa shape index (κ1) is 17.7. The third kappa shape index (κ3) is 4.95. The van der Waals surface area contributed by atoms with E-state index >= 15 is 0 Å². The highest BCUT2D eigenvalue weighted by atomic mass is 32.2. The number of sulfone groups is 1. The Hall–Kier alpha value is -2.61. The molecule has 0 atom stereocenters. The monoisotopic (exact) mass is 348 g/mol. The van der Waals surface area contributed by atoms with Gasteiger partial charge in [-0.25, -0.2) is 18.2 Å². The van der Waals surface area contributed by atoms with E-state index in [1.165, 1.54) is 18.3 Å². The average Bonchev–Trinajstić information content (AvgIpc) is 2.53. The van der Waals surface area contributed by atoms with Crippen molar-refractivity contribution in [2.45, 2.75) is 11.6 Å². The molecule has 0 aliphatic carbocycles. The number of urea groups is 1. The molecule has 1 heterocycles. The molecule has 2 N–H and O–H groups in total. The van der Waals surface area contributed by atoms with Crippen LogP contribution in [0.25, 0.3) is 0 Å². The van der Waals surface area contributed by atoms with Gasteiger partial charge in [-0.2, -0.15) is 0 Å². The number of rotatable bonds is 5. The van der Waals surface area contributed by atoms with Crippen LogP contribution in [0, 0.1) is 0 Å². The number of aromatic nitrogens is 1. The van der Waals surface area contributed by atoms with Gasteiger partial charge in [-0.3, -0.25) is 0 Å². The number of nitrogens with one attached hydrogen (secondary N) is 2. The van der Waals surface area contributed by atoms with E-state index in [9.17, 15) is 13.2 Å². The molecule has 0 radical (unpaired) electrons. The van der Waals surface area contributed by atoms with E-state index in [-0.39, 0.29) is 11.1 Å². The fourth-order valence-corrected chi connectivity index (χ4v) is 2.50. The first-order chi connectivity index (χ1) is 11.3. The zero-order chi connectivity index (χ0) is 17.7. The van der Waals surface area contributed by atoms with Gasteiger partial charge in [-0.05, 0) is 29.8 Å². The highest BCUT2D eigenvalue weighted by Gasteiger charge is 2.09. The van der Waals surface area contributed by atoms with E-state index in [0.29, 0.717) is 12.2 Å². The van der Waals surface area contributed by atoms with E-state index in [4.69, 9.17) is 0 Å². The Morgan fingerprint density at radius 2 is 1.79 bits per heavy atom. The lowest BCUT2D eigenvalue weighted by molar-refractivity contribution is 0.251. The van der Waals surface area contributed by atoms with Crippen molar-refractivity contribution in [2.75, 3.05) is 30.6 Å². The van der Waals surface area contributed by atoms with Crippen molar-refractivity contribution < 1.29 is 13.2 Å². The van der Waals surface area contributed by atoms with Crippen LogP contribution >= 0.6 is 0 Å². The number of benzene rings is 1. The topological polar surface area (TPSA) is 91.4 Å². The van der Waals surface area contributed by atoms with Gasteiger partial charge in [-0.1, -0.05) is 12.1 Å². The Balaban J connectivity index is 1.89. The first-order valence-electron chi connectivity index (χ1n) is 7.23. The first-order valence-corrected chi connectivity index (χ1v) is 9.12. The van der Waals surface area contributed by atoms with Crippen molar-refractivity contribution >= 4 is 27.2 Å². The van der Waals surface area contributed by atoms with Crippen molar-refractivity contribution in [3.63, 3.8) is 0 Å². The van der Waals surface area contributed by atoms with Crippen LogP contribution in [0.5, 0.6) is 0 Å². The highest BCUT2D eigenvalue weighted by Crippen LogP contribution is 2.12. The van der Waals surface area contributed by atoms with Gasteiger partial charge in [0.15, 0.2) is 14.9 Å². The highest BCUT2D eigenvalue weighted by molar-refractivity contribution is 7.90. The number of amides is 2. The fourth-order valence-electron chi connectivity index (χ4n) is 1.94. The molecule has 2 amide bonds. The standard InChI is InChI=1S/C16H20N4O3S/c1-20(2)14-7-4-12(5-8-14)10-18-16(21)19-13-6-9-15(17-11-13)24(3,22)23/h4-9,11H,10H2,1-3H3,(H2,18,19,21). The predicted molar refractivity (Wildman–Crippen MR) is 94.0 cm³/mol. The minimum absolute atomic E-state index is 0.0329. The van der Waals surface area contributed by atoms with Gasteiger partial charge in [0.25, 0.3) is 0 Å². The van der Waals surface area contributed by atoms with Crippen LogP contribution in [-0.2, 0) is 16.4 Å². The quantitative estimate of drug-likeness (QED) is 0.861. The Morgan fingerprint density at radius 3 is 2.29 bits per heavy atom. The number of carbonyl (C=O) groups excluding carboxylic acids is 1. The second-order valence-electron chi connectivity index (χ2n) is 5.53. The zero-order valence-corrected chi connectivity index (χ0v) is 14.6. The van der Waals surface area contributed by atoms with E-state index < -0.39 is 9.84 Å². The third-order valence-corrected chi connectivity index (χ3v) is 4.28. The molecule has 1 aromatic carbocycles. The summed E-state index contributed by atoms with van der Waals surface area (Å²) in [5.74, 6) is 0. The third-order valence-electron chi connectivity index (χ3n) is 3.28. The second kappa shape index (κ2) is 7.31.